The van der Waals surface area contributed by atoms with Crippen molar-refractivity contribution in [3.63, 3.8) is 0 Å². The van der Waals surface area contributed by atoms with Crippen LogP contribution >= 0.6 is 23.2 Å². The summed E-state index contributed by atoms with van der Waals surface area (Å²) < 4.78 is 2.14. The summed E-state index contributed by atoms with van der Waals surface area (Å²) in [6.45, 7) is 3.47. The van der Waals surface area contributed by atoms with E-state index in [1.807, 2.05) is 30.3 Å². The molecule has 0 bridgehead atoms. The molecule has 1 fully saturated rings. The Morgan fingerprint density at radius 1 is 1.26 bits per heavy atom. The minimum Gasteiger partial charge on any atom is -0.319 e. The number of para-hydroxylation sites is 1. The lowest BCUT2D eigenvalue weighted by Crippen LogP contribution is -2.29. The van der Waals surface area contributed by atoms with Crippen LogP contribution < -0.4 is 10.9 Å². The second-order valence-electron chi connectivity index (χ2n) is 6.10. The summed E-state index contributed by atoms with van der Waals surface area (Å²) in [4.78, 5) is 25.2. The molecule has 1 atom stereocenters. The normalized spacial score (nSPS) is 22.0. The van der Waals surface area contributed by atoms with Crippen molar-refractivity contribution in [3.05, 3.63) is 46.4 Å². The SMILES string of the molecule is Cc1c(NC(=O)[C@]2(C)CC2(Cl)Cl)c(=O)n(-c2ccccc2)n1C. The van der Waals surface area contributed by atoms with Gasteiger partial charge in [-0.05, 0) is 32.4 Å². The van der Waals surface area contributed by atoms with E-state index >= 15 is 0 Å². The predicted octanol–water partition coefficient (Wildman–Crippen LogP) is 3.01. The Bertz CT molecular complexity index is 839. The first kappa shape index (κ1) is 16.1. The van der Waals surface area contributed by atoms with Crippen LogP contribution in [-0.2, 0) is 11.8 Å². The zero-order valence-corrected chi connectivity index (χ0v) is 14.6. The number of carbonyl (C=O) groups is 1. The summed E-state index contributed by atoms with van der Waals surface area (Å²) in [6, 6.07) is 9.24. The molecule has 0 spiro atoms. The van der Waals surface area contributed by atoms with Crippen molar-refractivity contribution in [1.29, 1.82) is 0 Å². The highest BCUT2D eigenvalue weighted by Crippen LogP contribution is 2.64. The van der Waals surface area contributed by atoms with Crippen molar-refractivity contribution in [2.75, 3.05) is 5.32 Å². The number of hydrogen-bond donors (Lipinski definition) is 1. The third-order valence-corrected chi connectivity index (χ3v) is 5.65. The average molecular weight is 354 g/mol. The van der Waals surface area contributed by atoms with Crippen molar-refractivity contribution >= 4 is 34.8 Å². The van der Waals surface area contributed by atoms with Gasteiger partial charge in [0.2, 0.25) is 5.91 Å². The first-order chi connectivity index (χ1) is 10.7. The van der Waals surface area contributed by atoms with E-state index in [-0.39, 0.29) is 17.2 Å². The molecule has 0 radical (unpaired) electrons. The van der Waals surface area contributed by atoms with Gasteiger partial charge in [0.15, 0.2) is 0 Å². The molecule has 23 heavy (non-hydrogen) atoms. The number of alkyl halides is 2. The number of nitrogens with one attached hydrogen (secondary N) is 1. The van der Waals surface area contributed by atoms with E-state index in [2.05, 4.69) is 5.32 Å². The summed E-state index contributed by atoms with van der Waals surface area (Å²) >= 11 is 12.1. The number of halogens is 2. The molecule has 1 aromatic heterocycles. The number of hydrogen-bond acceptors (Lipinski definition) is 2. The Morgan fingerprint density at radius 2 is 1.83 bits per heavy atom. The van der Waals surface area contributed by atoms with Crippen LogP contribution in [0.4, 0.5) is 5.69 Å². The van der Waals surface area contributed by atoms with Gasteiger partial charge in [-0.1, -0.05) is 18.2 Å². The number of aromatic nitrogens is 2. The fraction of sp³-hybridized carbons (Fsp3) is 0.375. The van der Waals surface area contributed by atoms with E-state index in [9.17, 15) is 9.59 Å². The van der Waals surface area contributed by atoms with Crippen molar-refractivity contribution in [1.82, 2.24) is 9.36 Å². The molecule has 1 amide bonds. The average Bonchev–Trinajstić information content (AvgIpc) is 2.96. The lowest BCUT2D eigenvalue weighted by Gasteiger charge is -2.11. The molecule has 5 nitrogen and oxygen atoms in total. The molecule has 122 valence electrons. The zero-order chi connectivity index (χ0) is 17.0. The van der Waals surface area contributed by atoms with Gasteiger partial charge < -0.3 is 5.32 Å². The van der Waals surface area contributed by atoms with Crippen LogP contribution in [0.1, 0.15) is 19.0 Å². The molecular weight excluding hydrogens is 337 g/mol. The quantitative estimate of drug-likeness (QED) is 0.862. The van der Waals surface area contributed by atoms with Gasteiger partial charge in [0, 0.05) is 7.05 Å². The molecule has 1 heterocycles. The molecule has 0 aliphatic heterocycles. The van der Waals surface area contributed by atoms with E-state index in [1.165, 1.54) is 4.68 Å². The molecule has 1 aliphatic carbocycles. The molecule has 3 rings (SSSR count). The van der Waals surface area contributed by atoms with Gasteiger partial charge >= 0.3 is 0 Å². The molecule has 1 saturated carbocycles. The van der Waals surface area contributed by atoms with Gasteiger partial charge in [-0.3, -0.25) is 14.3 Å². The van der Waals surface area contributed by atoms with Crippen LogP contribution in [0.2, 0.25) is 0 Å². The molecular formula is C16H17Cl2N3O2. The largest absolute Gasteiger partial charge is 0.319 e. The molecule has 2 aromatic rings. The highest BCUT2D eigenvalue weighted by atomic mass is 35.5. The topological polar surface area (TPSA) is 56.0 Å². The van der Waals surface area contributed by atoms with Crippen molar-refractivity contribution < 1.29 is 4.79 Å². The molecule has 1 aliphatic rings. The zero-order valence-electron chi connectivity index (χ0n) is 13.1. The highest BCUT2D eigenvalue weighted by molar-refractivity contribution is 6.53. The number of rotatable bonds is 3. The van der Waals surface area contributed by atoms with Crippen LogP contribution in [0.5, 0.6) is 0 Å². The summed E-state index contributed by atoms with van der Waals surface area (Å²) in [7, 11) is 1.77. The van der Waals surface area contributed by atoms with Crippen LogP contribution in [0.15, 0.2) is 35.1 Å². The first-order valence-corrected chi connectivity index (χ1v) is 7.98. The van der Waals surface area contributed by atoms with E-state index < -0.39 is 9.75 Å². The molecule has 0 saturated heterocycles. The predicted molar refractivity (Wildman–Crippen MR) is 91.5 cm³/mol. The van der Waals surface area contributed by atoms with E-state index in [0.717, 1.165) is 5.69 Å². The maximum atomic E-state index is 12.7. The Morgan fingerprint density at radius 3 is 2.35 bits per heavy atom. The van der Waals surface area contributed by atoms with Crippen molar-refractivity contribution in [3.8, 4) is 5.69 Å². The lowest BCUT2D eigenvalue weighted by molar-refractivity contribution is -0.120. The summed E-state index contributed by atoms with van der Waals surface area (Å²) in [5.41, 5.74) is 0.473. The molecule has 0 unspecified atom stereocenters. The summed E-state index contributed by atoms with van der Waals surface area (Å²) in [5, 5.41) is 2.71. The van der Waals surface area contributed by atoms with Gasteiger partial charge in [-0.2, -0.15) is 0 Å². The monoisotopic (exact) mass is 353 g/mol. The molecule has 1 N–H and O–H groups in total. The maximum Gasteiger partial charge on any atom is 0.295 e. The van der Waals surface area contributed by atoms with Crippen molar-refractivity contribution in [2.45, 2.75) is 24.6 Å². The van der Waals surface area contributed by atoms with E-state index in [0.29, 0.717) is 12.1 Å². The van der Waals surface area contributed by atoms with Crippen LogP contribution in [0.25, 0.3) is 5.69 Å². The first-order valence-electron chi connectivity index (χ1n) is 7.22. The van der Waals surface area contributed by atoms with Crippen molar-refractivity contribution in [2.24, 2.45) is 12.5 Å². The van der Waals surface area contributed by atoms with Crippen LogP contribution in [-0.4, -0.2) is 19.6 Å². The minimum atomic E-state index is -1.07. The standard InChI is InChI=1S/C16H17Cl2N3O2/c1-10-12(19-14(23)15(2)9-16(15,17)18)13(22)21(20(10)3)11-7-5-4-6-8-11/h4-8H,9H2,1-3H3,(H,19,23)/t15-/m0/s1. The number of amides is 1. The smallest absolute Gasteiger partial charge is 0.295 e. The third kappa shape index (κ3) is 2.39. The molecule has 1 aromatic carbocycles. The van der Waals surface area contributed by atoms with E-state index in [1.54, 1.807) is 25.6 Å². The van der Waals surface area contributed by atoms with Gasteiger partial charge in [0.1, 0.15) is 10.0 Å². The van der Waals surface area contributed by atoms with Crippen LogP contribution in [0, 0.1) is 12.3 Å². The van der Waals surface area contributed by atoms with Crippen LogP contribution in [0.3, 0.4) is 0 Å². The summed E-state index contributed by atoms with van der Waals surface area (Å²) in [5.74, 6) is -0.339. The Balaban J connectivity index is 2.00. The Kier molecular flexibility index (Phi) is 3.61. The Labute approximate surface area is 143 Å². The van der Waals surface area contributed by atoms with Gasteiger partial charge in [-0.15, -0.1) is 23.2 Å². The highest BCUT2D eigenvalue weighted by Gasteiger charge is 2.68. The summed E-state index contributed by atoms with van der Waals surface area (Å²) in [6.07, 6.45) is 0.369. The van der Waals surface area contributed by atoms with Gasteiger partial charge in [0.05, 0.1) is 16.8 Å². The third-order valence-electron chi connectivity index (χ3n) is 4.55. The lowest BCUT2D eigenvalue weighted by atomic mass is 10.1. The second kappa shape index (κ2) is 5.14. The minimum absolute atomic E-state index is 0.249. The maximum absolute atomic E-state index is 12.7. The van der Waals surface area contributed by atoms with E-state index in [4.69, 9.17) is 23.2 Å². The number of anilines is 1. The number of carbonyl (C=O) groups excluding carboxylic acids is 1. The second-order valence-corrected chi connectivity index (χ2v) is 7.59. The number of nitrogens with zero attached hydrogens (tertiary/aromatic N) is 2. The Hall–Kier alpha value is -1.72. The van der Waals surface area contributed by atoms with Gasteiger partial charge in [-0.25, -0.2) is 4.68 Å². The number of benzene rings is 1. The molecule has 7 heteroatoms. The van der Waals surface area contributed by atoms with Gasteiger partial charge in [0.25, 0.3) is 5.56 Å². The fourth-order valence-corrected chi connectivity index (χ4v) is 3.32. The fourth-order valence-electron chi connectivity index (χ4n) is 2.61.